The third kappa shape index (κ3) is 9.33. The zero-order chi connectivity index (χ0) is 40.3. The lowest BCUT2D eigenvalue weighted by atomic mass is 9.67. The number of aliphatic carboxylic acids is 2. The maximum absolute atomic E-state index is 13.8. The first-order valence-corrected chi connectivity index (χ1v) is 15.4. The molecule has 0 radical (unpaired) electrons. The molecule has 286 valence electrons. The number of aliphatic hydroxyl groups excluding tert-OH is 1. The van der Waals surface area contributed by atoms with Crippen LogP contribution in [0.25, 0.3) is 0 Å². The summed E-state index contributed by atoms with van der Waals surface area (Å²) in [6.07, 6.45) is 0.316. The summed E-state index contributed by atoms with van der Waals surface area (Å²) in [4.78, 5) is 100. The van der Waals surface area contributed by atoms with E-state index in [4.69, 9.17) is 43.6 Å². The minimum Gasteiger partial charge on any atom is -0.491 e. The number of anilines is 2. The van der Waals surface area contributed by atoms with Gasteiger partial charge in [-0.1, -0.05) is 32.0 Å². The molecule has 53 heavy (non-hydrogen) atoms. The molecule has 2 aromatic rings. The predicted molar refractivity (Wildman–Crippen MR) is 185 cm³/mol. The van der Waals surface area contributed by atoms with Gasteiger partial charge < -0.3 is 64.3 Å². The number of hydrogen-bond acceptors (Lipinski definition) is 12. The second-order valence-corrected chi connectivity index (χ2v) is 11.6. The fourth-order valence-corrected chi connectivity index (χ4v) is 5.46. The highest BCUT2D eigenvalue weighted by atomic mass is 16.5. The highest BCUT2D eigenvalue weighted by Crippen LogP contribution is 2.43. The topological polar surface area (TPSA) is 367 Å². The zero-order valence-corrected chi connectivity index (χ0v) is 28.5. The van der Waals surface area contributed by atoms with Crippen LogP contribution in [0, 0.1) is 0 Å². The Hall–Kier alpha value is -6.74. The molecule has 21 heteroatoms. The maximum atomic E-state index is 13.8. The van der Waals surface area contributed by atoms with Crippen molar-refractivity contribution >= 4 is 58.9 Å². The van der Waals surface area contributed by atoms with E-state index in [0.717, 1.165) is 0 Å². The minimum absolute atomic E-state index is 0.0340. The van der Waals surface area contributed by atoms with Crippen LogP contribution in [0.3, 0.4) is 0 Å². The summed E-state index contributed by atoms with van der Waals surface area (Å²) >= 11 is 0. The van der Waals surface area contributed by atoms with Crippen molar-refractivity contribution in [2.24, 2.45) is 28.7 Å². The zero-order valence-electron chi connectivity index (χ0n) is 28.5. The molecule has 21 nitrogen and oxygen atoms in total. The molecule has 3 rings (SSSR count). The number of carboxylic acid groups (broad SMARTS) is 2. The van der Waals surface area contributed by atoms with Gasteiger partial charge in [-0.2, -0.15) is 0 Å². The first-order chi connectivity index (χ1) is 24.7. The van der Waals surface area contributed by atoms with Gasteiger partial charge in [0.05, 0.1) is 6.54 Å². The SMILES string of the molecule is CC(C)NC[C@@H](O)COc1ccc(NC(=O)N2C[C@@H](C(N)=O)N(c3ccccc3)C(C(N)=O)(C(N)=O)C2(C(N)=O)C(N)=O)cc1.O=C(O)/C=C\C(=O)O. The number of benzene rings is 2. The number of hydrogen-bond donors (Lipinski definition) is 10. The van der Waals surface area contributed by atoms with E-state index in [9.17, 15) is 43.5 Å². The van der Waals surface area contributed by atoms with Crippen LogP contribution < -0.4 is 48.9 Å². The summed E-state index contributed by atoms with van der Waals surface area (Å²) in [5.41, 5.74) is 21.8. The van der Waals surface area contributed by atoms with Gasteiger partial charge >= 0.3 is 18.0 Å². The standard InChI is InChI=1S/C28H37N9O8.C4H4O4/c1-15(2)34-12-18(38)14-45-19-10-8-16(9-11-19)35-26(44)36-13-20(21(29)39)37(17-6-4-3-5-7-17)28(24(32)42,25(33)43)27(36,22(30)40)23(31)41;5-3(6)1-2-4(7)8/h3-11,15,18,20,34,38H,12-14H2,1-2H3,(H2,29,39)(H2,30,40)(H2,31,41)(H2,32,42)(H2,33,43)(H,35,44);1-2H,(H,5,6)(H,7,8)/b;2-1-/t18-,20+;/m1./s1. The third-order valence-electron chi connectivity index (χ3n) is 7.67. The van der Waals surface area contributed by atoms with Crippen LogP contribution in [-0.4, -0.2) is 117 Å². The van der Waals surface area contributed by atoms with Gasteiger partial charge in [0.2, 0.25) is 17.0 Å². The number of carboxylic acids is 2. The number of ether oxygens (including phenoxy) is 1. The average molecular weight is 744 g/mol. The number of nitrogens with zero attached hydrogens (tertiary/aromatic N) is 2. The molecule has 7 amide bonds. The number of aliphatic hydroxyl groups is 1. The number of nitrogens with one attached hydrogen (secondary N) is 2. The van der Waals surface area contributed by atoms with Crippen LogP contribution in [0.15, 0.2) is 66.7 Å². The summed E-state index contributed by atoms with van der Waals surface area (Å²) in [5, 5.41) is 31.2. The number of piperazine rings is 1. The van der Waals surface area contributed by atoms with Crippen LogP contribution in [0.1, 0.15) is 13.8 Å². The fourth-order valence-electron chi connectivity index (χ4n) is 5.46. The lowest BCUT2D eigenvalue weighted by Gasteiger charge is -2.59. The molecule has 2 aromatic carbocycles. The van der Waals surface area contributed by atoms with Crippen molar-refractivity contribution in [3.63, 3.8) is 0 Å². The van der Waals surface area contributed by atoms with Crippen molar-refractivity contribution in [3.8, 4) is 5.75 Å². The van der Waals surface area contributed by atoms with Crippen molar-refractivity contribution < 1.29 is 58.4 Å². The van der Waals surface area contributed by atoms with Gasteiger partial charge in [0.25, 0.3) is 23.6 Å². The van der Waals surface area contributed by atoms with Crippen LogP contribution in [0.5, 0.6) is 5.75 Å². The highest BCUT2D eigenvalue weighted by molar-refractivity contribution is 6.28. The van der Waals surface area contributed by atoms with Crippen molar-refractivity contribution in [2.75, 3.05) is 29.9 Å². The molecule has 0 saturated carbocycles. The number of urea groups is 1. The molecule has 0 spiro atoms. The second kappa shape index (κ2) is 18.0. The number of carbonyl (C=O) groups is 8. The number of nitrogens with two attached hydrogens (primary N) is 5. The van der Waals surface area contributed by atoms with Crippen molar-refractivity contribution in [1.82, 2.24) is 10.2 Å². The molecule has 0 unspecified atom stereocenters. The molecule has 1 saturated heterocycles. The maximum Gasteiger partial charge on any atom is 0.328 e. The molecule has 1 heterocycles. The van der Waals surface area contributed by atoms with Gasteiger partial charge in [-0.05, 0) is 36.4 Å². The first kappa shape index (κ1) is 42.4. The van der Waals surface area contributed by atoms with Gasteiger partial charge in [-0.25, -0.2) is 14.4 Å². The van der Waals surface area contributed by atoms with Gasteiger partial charge in [-0.15, -0.1) is 0 Å². The lowest BCUT2D eigenvalue weighted by molar-refractivity contribution is -0.161. The summed E-state index contributed by atoms with van der Waals surface area (Å²) in [6.45, 7) is 3.25. The molecule has 0 bridgehead atoms. The smallest absolute Gasteiger partial charge is 0.328 e. The number of amides is 7. The van der Waals surface area contributed by atoms with E-state index in [0.29, 0.717) is 34.2 Å². The first-order valence-electron chi connectivity index (χ1n) is 15.4. The predicted octanol–water partition coefficient (Wildman–Crippen LogP) is -3.24. The molecular weight excluding hydrogens is 702 g/mol. The second-order valence-electron chi connectivity index (χ2n) is 11.6. The van der Waals surface area contributed by atoms with Crippen molar-refractivity contribution in [2.45, 2.75) is 43.1 Å². The van der Waals surface area contributed by atoms with E-state index in [1.54, 1.807) is 6.07 Å². The Kier molecular flexibility index (Phi) is 14.4. The van der Waals surface area contributed by atoms with Gasteiger partial charge in [0.15, 0.2) is 0 Å². The van der Waals surface area contributed by atoms with E-state index >= 15 is 0 Å². The van der Waals surface area contributed by atoms with Crippen LogP contribution in [0.2, 0.25) is 0 Å². The normalized spacial score (nSPS) is 16.4. The quantitative estimate of drug-likeness (QED) is 0.0633. The Morgan fingerprint density at radius 1 is 0.811 bits per heavy atom. The molecule has 15 N–H and O–H groups in total. The summed E-state index contributed by atoms with van der Waals surface area (Å²) in [7, 11) is 0. The van der Waals surface area contributed by atoms with Crippen LogP contribution >= 0.6 is 0 Å². The Morgan fingerprint density at radius 3 is 1.72 bits per heavy atom. The van der Waals surface area contributed by atoms with Crippen LogP contribution in [0.4, 0.5) is 16.2 Å². The average Bonchev–Trinajstić information content (AvgIpc) is 3.08. The third-order valence-corrected chi connectivity index (χ3v) is 7.67. The van der Waals surface area contributed by atoms with Crippen molar-refractivity contribution in [1.29, 1.82) is 0 Å². The van der Waals surface area contributed by atoms with E-state index in [2.05, 4.69) is 10.6 Å². The Balaban J connectivity index is 0.00000109. The lowest BCUT2D eigenvalue weighted by Crippen LogP contribution is -2.93. The van der Waals surface area contributed by atoms with Crippen LogP contribution in [-0.2, 0) is 33.6 Å². The number of para-hydroxylation sites is 1. The molecule has 1 fully saturated rings. The summed E-state index contributed by atoms with van der Waals surface area (Å²) in [5.74, 6) is -10.3. The molecule has 0 aliphatic carbocycles. The highest BCUT2D eigenvalue weighted by Gasteiger charge is 2.78. The summed E-state index contributed by atoms with van der Waals surface area (Å²) in [6, 6.07) is 9.88. The van der Waals surface area contributed by atoms with Gasteiger partial charge in [-0.3, -0.25) is 28.9 Å². The summed E-state index contributed by atoms with van der Waals surface area (Å²) < 4.78 is 5.55. The van der Waals surface area contributed by atoms with E-state index in [1.807, 2.05) is 13.8 Å². The Bertz CT molecular complexity index is 1690. The molecule has 2 atom stereocenters. The van der Waals surface area contributed by atoms with Gasteiger partial charge in [0.1, 0.15) is 24.5 Å². The Labute approximate surface area is 301 Å². The molecule has 1 aliphatic rings. The molecule has 0 aromatic heterocycles. The number of primary amides is 5. The van der Waals surface area contributed by atoms with E-state index in [1.165, 1.54) is 48.5 Å². The molecular formula is C32H41N9O12. The Morgan fingerprint density at radius 2 is 1.30 bits per heavy atom. The van der Waals surface area contributed by atoms with E-state index < -0.39 is 77.3 Å². The van der Waals surface area contributed by atoms with Gasteiger partial charge in [0, 0.05) is 36.1 Å². The van der Waals surface area contributed by atoms with Crippen molar-refractivity contribution in [3.05, 3.63) is 66.7 Å². The number of carbonyl (C=O) groups excluding carboxylic acids is 6. The fraction of sp³-hybridized carbons (Fsp3) is 0.312. The minimum atomic E-state index is -3.36. The largest absolute Gasteiger partial charge is 0.491 e. The monoisotopic (exact) mass is 743 g/mol. The molecule has 1 aliphatic heterocycles. The number of rotatable bonds is 15. The van der Waals surface area contributed by atoms with E-state index in [-0.39, 0.29) is 24.0 Å².